The van der Waals surface area contributed by atoms with Gasteiger partial charge in [0.15, 0.2) is 11.6 Å². The van der Waals surface area contributed by atoms with E-state index in [9.17, 15) is 4.39 Å². The van der Waals surface area contributed by atoms with Gasteiger partial charge < -0.3 is 10.5 Å². The largest absolute Gasteiger partial charge is 0.490 e. The van der Waals surface area contributed by atoms with E-state index in [4.69, 9.17) is 10.5 Å². The van der Waals surface area contributed by atoms with E-state index >= 15 is 0 Å². The summed E-state index contributed by atoms with van der Waals surface area (Å²) < 4.78 is 19.0. The minimum atomic E-state index is -0.284. The summed E-state index contributed by atoms with van der Waals surface area (Å²) in [7, 11) is 0. The summed E-state index contributed by atoms with van der Waals surface area (Å²) in [5.74, 6) is 0.714. The second-order valence-corrected chi connectivity index (χ2v) is 5.06. The zero-order valence-corrected chi connectivity index (χ0v) is 10.4. The number of halogens is 2. The number of hydrogen-bond donors (Lipinski definition) is 1. The summed E-state index contributed by atoms with van der Waals surface area (Å²) in [5.41, 5.74) is 6.86. The Balaban J connectivity index is 0.00000108. The molecule has 0 atom stereocenters. The van der Waals surface area contributed by atoms with Gasteiger partial charge in [0.05, 0.1) is 6.61 Å². The maximum atomic E-state index is 13.5. The Morgan fingerprint density at radius 1 is 1.35 bits per heavy atom. The first-order valence-electron chi connectivity index (χ1n) is 5.89. The van der Waals surface area contributed by atoms with E-state index < -0.39 is 0 Å². The Kier molecular flexibility index (Phi) is 3.32. The molecule has 2 fully saturated rings. The van der Waals surface area contributed by atoms with Crippen molar-refractivity contribution in [1.29, 1.82) is 0 Å². The van der Waals surface area contributed by atoms with Crippen LogP contribution in [0.3, 0.4) is 0 Å². The smallest absolute Gasteiger partial charge is 0.165 e. The van der Waals surface area contributed by atoms with Crippen LogP contribution < -0.4 is 10.5 Å². The SMILES string of the molecule is Cl.NC1(c2ccc(F)c(OCC3CC3)c2)CC1. The Bertz CT molecular complexity index is 416. The molecule has 4 heteroatoms. The van der Waals surface area contributed by atoms with Gasteiger partial charge in [-0.05, 0) is 49.3 Å². The third-order valence-electron chi connectivity index (χ3n) is 3.47. The molecule has 0 aromatic heterocycles. The van der Waals surface area contributed by atoms with Crippen molar-refractivity contribution < 1.29 is 9.13 Å². The lowest BCUT2D eigenvalue weighted by molar-refractivity contribution is 0.285. The third-order valence-corrected chi connectivity index (χ3v) is 3.47. The van der Waals surface area contributed by atoms with Crippen LogP contribution in [0.2, 0.25) is 0 Å². The summed E-state index contributed by atoms with van der Waals surface area (Å²) in [4.78, 5) is 0. The highest BCUT2D eigenvalue weighted by Gasteiger charge is 2.40. The third kappa shape index (κ3) is 2.72. The van der Waals surface area contributed by atoms with Crippen molar-refractivity contribution in [3.63, 3.8) is 0 Å². The highest BCUT2D eigenvalue weighted by molar-refractivity contribution is 5.85. The summed E-state index contributed by atoms with van der Waals surface area (Å²) in [6, 6.07) is 5.00. The number of hydrogen-bond acceptors (Lipinski definition) is 2. The van der Waals surface area contributed by atoms with Gasteiger partial charge in [-0.25, -0.2) is 4.39 Å². The first-order chi connectivity index (χ1) is 7.67. The number of nitrogens with two attached hydrogens (primary N) is 1. The zero-order chi connectivity index (χ0) is 11.2. The fourth-order valence-electron chi connectivity index (χ4n) is 1.84. The second-order valence-electron chi connectivity index (χ2n) is 5.06. The van der Waals surface area contributed by atoms with Crippen LogP contribution in [0.5, 0.6) is 5.75 Å². The lowest BCUT2D eigenvalue weighted by Gasteiger charge is -2.12. The molecule has 0 spiro atoms. The first kappa shape index (κ1) is 12.7. The lowest BCUT2D eigenvalue weighted by atomic mass is 10.1. The van der Waals surface area contributed by atoms with Crippen LogP contribution in [0.1, 0.15) is 31.2 Å². The van der Waals surface area contributed by atoms with E-state index in [2.05, 4.69) is 0 Å². The molecular weight excluding hydrogens is 241 g/mol. The highest BCUT2D eigenvalue weighted by Crippen LogP contribution is 2.44. The summed E-state index contributed by atoms with van der Waals surface area (Å²) >= 11 is 0. The van der Waals surface area contributed by atoms with Gasteiger partial charge in [-0.3, -0.25) is 0 Å². The van der Waals surface area contributed by atoms with Gasteiger partial charge in [0.25, 0.3) is 0 Å². The molecule has 0 bridgehead atoms. The van der Waals surface area contributed by atoms with Crippen molar-refractivity contribution in [1.82, 2.24) is 0 Å². The fraction of sp³-hybridized carbons (Fsp3) is 0.538. The molecular formula is C13H17ClFNO. The maximum absolute atomic E-state index is 13.5. The fourth-order valence-corrected chi connectivity index (χ4v) is 1.84. The van der Waals surface area contributed by atoms with Crippen LogP contribution >= 0.6 is 12.4 Å². The second kappa shape index (κ2) is 4.46. The molecule has 0 aliphatic heterocycles. The predicted octanol–water partition coefficient (Wildman–Crippen LogP) is 2.98. The summed E-state index contributed by atoms with van der Waals surface area (Å²) in [6.45, 7) is 0.637. The number of rotatable bonds is 4. The Labute approximate surface area is 107 Å². The highest BCUT2D eigenvalue weighted by atomic mass is 35.5. The maximum Gasteiger partial charge on any atom is 0.165 e. The van der Waals surface area contributed by atoms with Gasteiger partial charge >= 0.3 is 0 Å². The number of benzene rings is 1. The van der Waals surface area contributed by atoms with Crippen molar-refractivity contribution in [2.45, 2.75) is 31.2 Å². The molecule has 0 amide bonds. The molecule has 3 rings (SSSR count). The van der Waals surface area contributed by atoms with Crippen molar-refractivity contribution >= 4 is 12.4 Å². The van der Waals surface area contributed by atoms with Crippen LogP contribution in [0.25, 0.3) is 0 Å². The molecule has 94 valence electrons. The van der Waals surface area contributed by atoms with E-state index in [0.717, 1.165) is 18.4 Å². The van der Waals surface area contributed by atoms with Crippen LogP contribution in [-0.4, -0.2) is 6.61 Å². The Hall–Kier alpha value is -0.800. The normalized spacial score (nSPS) is 20.6. The van der Waals surface area contributed by atoms with Crippen LogP contribution in [-0.2, 0) is 5.54 Å². The van der Waals surface area contributed by atoms with Crippen molar-refractivity contribution in [3.8, 4) is 5.75 Å². The van der Waals surface area contributed by atoms with Gasteiger partial charge in [-0.2, -0.15) is 0 Å². The molecule has 1 aromatic rings. The van der Waals surface area contributed by atoms with Crippen LogP contribution in [0.15, 0.2) is 18.2 Å². The standard InChI is InChI=1S/C13H16FNO.ClH/c14-11-4-3-10(13(15)5-6-13)7-12(11)16-8-9-1-2-9;/h3-4,7,9H,1-2,5-6,8,15H2;1H. The average Bonchev–Trinajstić information content (AvgIpc) is 3.14. The molecule has 0 saturated heterocycles. The quantitative estimate of drug-likeness (QED) is 0.900. The average molecular weight is 258 g/mol. The van der Waals surface area contributed by atoms with Crippen molar-refractivity contribution in [3.05, 3.63) is 29.6 Å². The summed E-state index contributed by atoms with van der Waals surface area (Å²) in [6.07, 6.45) is 4.39. The van der Waals surface area contributed by atoms with Crippen LogP contribution in [0, 0.1) is 11.7 Å². The van der Waals surface area contributed by atoms with E-state index in [1.807, 2.05) is 0 Å². The molecule has 2 aliphatic rings. The van der Waals surface area contributed by atoms with E-state index in [-0.39, 0.29) is 23.8 Å². The Morgan fingerprint density at radius 2 is 2.06 bits per heavy atom. The molecule has 17 heavy (non-hydrogen) atoms. The predicted molar refractivity (Wildman–Crippen MR) is 67.0 cm³/mol. The van der Waals surface area contributed by atoms with Crippen molar-refractivity contribution in [2.75, 3.05) is 6.61 Å². The molecule has 2 saturated carbocycles. The molecule has 0 heterocycles. The molecule has 0 unspecified atom stereocenters. The molecule has 2 N–H and O–H groups in total. The first-order valence-corrected chi connectivity index (χ1v) is 5.89. The van der Waals surface area contributed by atoms with Crippen LogP contribution in [0.4, 0.5) is 4.39 Å². The topological polar surface area (TPSA) is 35.2 Å². The van der Waals surface area contributed by atoms with E-state index in [1.54, 1.807) is 12.1 Å². The van der Waals surface area contributed by atoms with Gasteiger partial charge in [0.1, 0.15) is 0 Å². The molecule has 1 aromatic carbocycles. The minimum absolute atomic E-state index is 0. The van der Waals surface area contributed by atoms with Crippen molar-refractivity contribution in [2.24, 2.45) is 11.7 Å². The molecule has 2 aliphatic carbocycles. The van der Waals surface area contributed by atoms with E-state index in [1.165, 1.54) is 18.9 Å². The monoisotopic (exact) mass is 257 g/mol. The number of ether oxygens (including phenoxy) is 1. The molecule has 0 radical (unpaired) electrons. The van der Waals surface area contributed by atoms with Gasteiger partial charge in [-0.1, -0.05) is 6.07 Å². The van der Waals surface area contributed by atoms with Gasteiger partial charge in [-0.15, -0.1) is 12.4 Å². The zero-order valence-electron chi connectivity index (χ0n) is 9.62. The molecule has 2 nitrogen and oxygen atoms in total. The lowest BCUT2D eigenvalue weighted by Crippen LogP contribution is -2.18. The van der Waals surface area contributed by atoms with Gasteiger partial charge in [0.2, 0.25) is 0 Å². The van der Waals surface area contributed by atoms with E-state index in [0.29, 0.717) is 18.3 Å². The van der Waals surface area contributed by atoms with Gasteiger partial charge in [0, 0.05) is 5.54 Å². The minimum Gasteiger partial charge on any atom is -0.490 e. The Morgan fingerprint density at radius 3 is 2.65 bits per heavy atom. The summed E-state index contributed by atoms with van der Waals surface area (Å²) in [5, 5.41) is 0.